The van der Waals surface area contributed by atoms with Crippen molar-refractivity contribution < 1.29 is 19.4 Å². The average molecular weight is 297 g/mol. The second kappa shape index (κ2) is 5.42. The molecule has 0 fully saturated rings. The minimum atomic E-state index is -1.10. The highest BCUT2D eigenvalue weighted by Crippen LogP contribution is 2.39. The molecular formula is C13H13ClN2O4. The van der Waals surface area contributed by atoms with E-state index in [1.54, 1.807) is 19.2 Å². The molecule has 0 atom stereocenters. The summed E-state index contributed by atoms with van der Waals surface area (Å²) in [6.07, 6.45) is 0. The summed E-state index contributed by atoms with van der Waals surface area (Å²) in [6.45, 7) is 0. The summed E-state index contributed by atoms with van der Waals surface area (Å²) in [4.78, 5) is 11.0. The Balaban J connectivity index is 2.65. The van der Waals surface area contributed by atoms with Gasteiger partial charge in [0.05, 0.1) is 30.5 Å². The van der Waals surface area contributed by atoms with Crippen molar-refractivity contribution in [2.75, 3.05) is 14.2 Å². The molecule has 0 bridgehead atoms. The topological polar surface area (TPSA) is 73.6 Å². The highest BCUT2D eigenvalue weighted by molar-refractivity contribution is 6.33. The first kappa shape index (κ1) is 14.2. The average Bonchev–Trinajstić information content (AvgIpc) is 2.79. The van der Waals surface area contributed by atoms with Gasteiger partial charge in [-0.3, -0.25) is 4.68 Å². The van der Waals surface area contributed by atoms with Gasteiger partial charge in [0, 0.05) is 13.1 Å². The van der Waals surface area contributed by atoms with Crippen LogP contribution in [0.25, 0.3) is 11.3 Å². The van der Waals surface area contributed by atoms with Crippen LogP contribution < -0.4 is 9.47 Å². The molecule has 0 unspecified atom stereocenters. The normalized spacial score (nSPS) is 10.4. The number of carbonyl (C=O) groups is 1. The van der Waals surface area contributed by atoms with Gasteiger partial charge in [0.15, 0.2) is 5.69 Å². The van der Waals surface area contributed by atoms with Crippen LogP contribution in [0.3, 0.4) is 0 Å². The van der Waals surface area contributed by atoms with Crippen molar-refractivity contribution in [1.29, 1.82) is 0 Å². The molecule has 0 saturated carbocycles. The van der Waals surface area contributed by atoms with Crippen LogP contribution >= 0.6 is 11.6 Å². The molecule has 6 nitrogen and oxygen atoms in total. The Labute approximate surface area is 120 Å². The van der Waals surface area contributed by atoms with Crippen LogP contribution in [0.2, 0.25) is 5.02 Å². The Morgan fingerprint density at radius 2 is 2.00 bits per heavy atom. The van der Waals surface area contributed by atoms with Crippen molar-refractivity contribution in [2.24, 2.45) is 7.05 Å². The first-order chi connectivity index (χ1) is 9.47. The molecular weight excluding hydrogens is 284 g/mol. The predicted molar refractivity (Wildman–Crippen MR) is 73.7 cm³/mol. The molecule has 106 valence electrons. The predicted octanol–water partition coefficient (Wildman–Crippen LogP) is 2.46. The molecule has 20 heavy (non-hydrogen) atoms. The summed E-state index contributed by atoms with van der Waals surface area (Å²) in [7, 11) is 4.67. The van der Waals surface area contributed by atoms with Gasteiger partial charge in [0.2, 0.25) is 0 Å². The van der Waals surface area contributed by atoms with Crippen LogP contribution in [0.15, 0.2) is 18.2 Å². The highest BCUT2D eigenvalue weighted by Gasteiger charge is 2.19. The largest absolute Gasteiger partial charge is 0.497 e. The Bertz CT molecular complexity index is 667. The number of hydrogen-bond donors (Lipinski definition) is 1. The van der Waals surface area contributed by atoms with E-state index in [9.17, 15) is 4.79 Å². The number of carboxylic acid groups (broad SMARTS) is 1. The summed E-state index contributed by atoms with van der Waals surface area (Å²) in [5, 5.41) is 13.3. The lowest BCUT2D eigenvalue weighted by Crippen LogP contribution is -2.00. The summed E-state index contributed by atoms with van der Waals surface area (Å²) >= 11 is 6.24. The van der Waals surface area contributed by atoms with Crippen molar-refractivity contribution in [2.45, 2.75) is 0 Å². The molecule has 1 N–H and O–H groups in total. The number of aromatic nitrogens is 2. The third-order valence-corrected chi connectivity index (χ3v) is 3.14. The van der Waals surface area contributed by atoms with E-state index in [0.29, 0.717) is 27.8 Å². The van der Waals surface area contributed by atoms with Crippen molar-refractivity contribution >= 4 is 17.6 Å². The Hall–Kier alpha value is -2.21. The lowest BCUT2D eigenvalue weighted by atomic mass is 10.1. The van der Waals surface area contributed by atoms with Crippen LogP contribution in [0, 0.1) is 0 Å². The van der Waals surface area contributed by atoms with Crippen LogP contribution in [0.4, 0.5) is 0 Å². The van der Waals surface area contributed by atoms with Gasteiger partial charge < -0.3 is 14.6 Å². The van der Waals surface area contributed by atoms with Gasteiger partial charge in [-0.05, 0) is 12.1 Å². The second-order valence-corrected chi connectivity index (χ2v) is 4.44. The van der Waals surface area contributed by atoms with Gasteiger partial charge in [0.1, 0.15) is 11.5 Å². The number of ether oxygens (including phenoxy) is 2. The number of hydrogen-bond acceptors (Lipinski definition) is 4. The van der Waals surface area contributed by atoms with E-state index in [-0.39, 0.29) is 5.69 Å². The number of halogens is 1. The van der Waals surface area contributed by atoms with Crippen molar-refractivity contribution in [1.82, 2.24) is 9.78 Å². The van der Waals surface area contributed by atoms with Gasteiger partial charge in [-0.1, -0.05) is 11.6 Å². The minimum Gasteiger partial charge on any atom is -0.497 e. The van der Waals surface area contributed by atoms with E-state index in [4.69, 9.17) is 26.2 Å². The van der Waals surface area contributed by atoms with Crippen molar-refractivity contribution in [3.05, 3.63) is 28.9 Å². The lowest BCUT2D eigenvalue weighted by molar-refractivity contribution is 0.0689. The minimum absolute atomic E-state index is 0.0589. The van der Waals surface area contributed by atoms with Crippen LogP contribution in [-0.2, 0) is 7.05 Å². The first-order valence-electron chi connectivity index (χ1n) is 5.67. The molecule has 1 heterocycles. The van der Waals surface area contributed by atoms with Gasteiger partial charge in [-0.15, -0.1) is 0 Å². The van der Waals surface area contributed by atoms with Gasteiger partial charge >= 0.3 is 5.97 Å². The van der Waals surface area contributed by atoms with Crippen LogP contribution in [-0.4, -0.2) is 35.1 Å². The van der Waals surface area contributed by atoms with Crippen LogP contribution in [0.5, 0.6) is 11.5 Å². The Morgan fingerprint density at radius 3 is 2.50 bits per heavy atom. The van der Waals surface area contributed by atoms with Crippen molar-refractivity contribution in [3.63, 3.8) is 0 Å². The molecule has 0 aliphatic heterocycles. The molecule has 7 heteroatoms. The fraction of sp³-hybridized carbons (Fsp3) is 0.231. The molecule has 2 aromatic rings. The van der Waals surface area contributed by atoms with Gasteiger partial charge in [0.25, 0.3) is 0 Å². The number of benzene rings is 1. The SMILES string of the molecule is COc1cc(Cl)c(-c2cc(C(=O)O)nn2C)c(OC)c1. The molecule has 0 saturated heterocycles. The molecule has 0 amide bonds. The molecule has 1 aromatic heterocycles. The third-order valence-electron chi connectivity index (χ3n) is 2.84. The Kier molecular flexibility index (Phi) is 3.85. The number of methoxy groups -OCH3 is 2. The first-order valence-corrected chi connectivity index (χ1v) is 6.05. The number of nitrogens with zero attached hydrogens (tertiary/aromatic N) is 2. The highest BCUT2D eigenvalue weighted by atomic mass is 35.5. The summed E-state index contributed by atoms with van der Waals surface area (Å²) in [5.74, 6) is -0.0685. The number of rotatable bonds is 4. The fourth-order valence-electron chi connectivity index (χ4n) is 1.89. The smallest absolute Gasteiger partial charge is 0.356 e. The lowest BCUT2D eigenvalue weighted by Gasteiger charge is -2.12. The van der Waals surface area contributed by atoms with Crippen LogP contribution in [0.1, 0.15) is 10.5 Å². The molecule has 2 rings (SSSR count). The van der Waals surface area contributed by atoms with E-state index in [1.807, 2.05) is 0 Å². The van der Waals surface area contributed by atoms with E-state index in [0.717, 1.165) is 0 Å². The summed E-state index contributed by atoms with van der Waals surface area (Å²) in [5.41, 5.74) is 1.06. The van der Waals surface area contributed by atoms with Gasteiger partial charge in [-0.25, -0.2) is 4.79 Å². The zero-order valence-corrected chi connectivity index (χ0v) is 11.9. The maximum atomic E-state index is 11.0. The number of carboxylic acids is 1. The summed E-state index contributed by atoms with van der Waals surface area (Å²) in [6, 6.07) is 4.75. The standard InChI is InChI=1S/C13H13ClN2O4/c1-16-10(6-9(15-16)13(17)18)12-8(14)4-7(19-2)5-11(12)20-3/h4-6H,1-3H3,(H,17,18). The monoisotopic (exact) mass is 296 g/mol. The third kappa shape index (κ3) is 2.42. The number of aryl methyl sites for hydroxylation is 1. The second-order valence-electron chi connectivity index (χ2n) is 4.03. The van der Waals surface area contributed by atoms with E-state index in [2.05, 4.69) is 5.10 Å². The summed E-state index contributed by atoms with van der Waals surface area (Å²) < 4.78 is 11.9. The zero-order chi connectivity index (χ0) is 14.9. The fourth-order valence-corrected chi connectivity index (χ4v) is 2.19. The van der Waals surface area contributed by atoms with E-state index >= 15 is 0 Å². The maximum Gasteiger partial charge on any atom is 0.356 e. The number of aromatic carboxylic acids is 1. The molecule has 1 aromatic carbocycles. The van der Waals surface area contributed by atoms with E-state index in [1.165, 1.54) is 25.0 Å². The quantitative estimate of drug-likeness (QED) is 0.938. The van der Waals surface area contributed by atoms with Gasteiger partial charge in [-0.2, -0.15) is 5.10 Å². The maximum absolute atomic E-state index is 11.0. The molecule has 0 spiro atoms. The van der Waals surface area contributed by atoms with Crippen molar-refractivity contribution in [3.8, 4) is 22.8 Å². The zero-order valence-electron chi connectivity index (χ0n) is 11.2. The Morgan fingerprint density at radius 1 is 1.30 bits per heavy atom. The molecule has 0 aliphatic rings. The van der Waals surface area contributed by atoms with E-state index < -0.39 is 5.97 Å². The molecule has 0 radical (unpaired) electrons. The molecule has 0 aliphatic carbocycles.